The number of benzene rings is 3. The van der Waals surface area contributed by atoms with Gasteiger partial charge in [0.05, 0.1) is 0 Å². The van der Waals surface area contributed by atoms with Crippen LogP contribution in [0, 0.1) is 0 Å². The first-order valence-electron chi connectivity index (χ1n) is 15.1. The molecule has 1 aliphatic heterocycles. The van der Waals surface area contributed by atoms with Crippen molar-refractivity contribution in [2.75, 3.05) is 19.6 Å². The number of ether oxygens (including phenoxy) is 1. The van der Waals surface area contributed by atoms with Crippen molar-refractivity contribution in [3.63, 3.8) is 0 Å². The Balaban J connectivity index is 1.61. The number of hydrogen-bond acceptors (Lipinski definition) is 5. The predicted molar refractivity (Wildman–Crippen MR) is 168 cm³/mol. The van der Waals surface area contributed by atoms with E-state index in [4.69, 9.17) is 4.74 Å². The molecule has 43 heavy (non-hydrogen) atoms. The number of hydrogen-bond donors (Lipinski definition) is 2. The van der Waals surface area contributed by atoms with Crippen LogP contribution in [0.1, 0.15) is 69.0 Å². The second-order valence-electron chi connectivity index (χ2n) is 11.6. The highest BCUT2D eigenvalue weighted by atomic mass is 16.5. The van der Waals surface area contributed by atoms with E-state index in [0.717, 1.165) is 16.7 Å². The fourth-order valence-corrected chi connectivity index (χ4v) is 5.77. The lowest BCUT2D eigenvalue weighted by atomic mass is 9.90. The lowest BCUT2D eigenvalue weighted by Crippen LogP contribution is -2.52. The van der Waals surface area contributed by atoms with Crippen LogP contribution in [-0.4, -0.2) is 59.2 Å². The highest BCUT2D eigenvalue weighted by Crippen LogP contribution is 2.34. The summed E-state index contributed by atoms with van der Waals surface area (Å²) >= 11 is 0. The maximum absolute atomic E-state index is 14.1. The van der Waals surface area contributed by atoms with Gasteiger partial charge in [-0.25, -0.2) is 0 Å². The Morgan fingerprint density at radius 2 is 1.58 bits per heavy atom. The third-order valence-corrected chi connectivity index (χ3v) is 7.85. The molecule has 1 aliphatic rings. The Bertz CT molecular complexity index is 1370. The summed E-state index contributed by atoms with van der Waals surface area (Å²) in [6.07, 6.45) is 0.559. The number of rotatable bonds is 12. The van der Waals surface area contributed by atoms with Crippen LogP contribution >= 0.6 is 0 Å². The van der Waals surface area contributed by atoms with Gasteiger partial charge in [0, 0.05) is 38.6 Å². The molecule has 0 saturated carbocycles. The first kappa shape index (κ1) is 31.8. The zero-order chi connectivity index (χ0) is 30.9. The van der Waals surface area contributed by atoms with Gasteiger partial charge in [-0.1, -0.05) is 66.7 Å². The third-order valence-electron chi connectivity index (χ3n) is 7.85. The number of nitrogens with zero attached hydrogens (tertiary/aromatic N) is 2. The topological polar surface area (TPSA) is 91.0 Å². The van der Waals surface area contributed by atoms with Gasteiger partial charge in [-0.2, -0.15) is 0 Å². The van der Waals surface area contributed by atoms with Crippen molar-refractivity contribution in [3.8, 4) is 5.75 Å². The summed E-state index contributed by atoms with van der Waals surface area (Å²) in [7, 11) is 0. The second-order valence-corrected chi connectivity index (χ2v) is 11.6. The molecule has 2 unspecified atom stereocenters. The number of carbonyl (C=O) groups excluding carboxylic acids is 3. The molecule has 1 heterocycles. The van der Waals surface area contributed by atoms with Crippen LogP contribution in [0.5, 0.6) is 5.75 Å². The van der Waals surface area contributed by atoms with Crippen molar-refractivity contribution in [2.24, 2.45) is 0 Å². The van der Waals surface area contributed by atoms with E-state index in [2.05, 4.69) is 43.2 Å². The molecule has 0 bridgehead atoms. The summed E-state index contributed by atoms with van der Waals surface area (Å²) < 4.78 is 6.07. The Morgan fingerprint density at radius 3 is 2.21 bits per heavy atom. The first-order chi connectivity index (χ1) is 20.7. The van der Waals surface area contributed by atoms with Gasteiger partial charge < -0.3 is 20.3 Å². The minimum atomic E-state index is -0.901. The normalized spacial score (nSPS) is 15.3. The largest absolute Gasteiger partial charge is 0.489 e. The summed E-state index contributed by atoms with van der Waals surface area (Å²) in [6, 6.07) is 23.8. The summed E-state index contributed by atoms with van der Waals surface area (Å²) in [4.78, 5) is 44.2. The highest BCUT2D eigenvalue weighted by molar-refractivity contribution is 5.93. The molecule has 0 spiro atoms. The number of carbonyl (C=O) groups is 3. The van der Waals surface area contributed by atoms with E-state index in [0.29, 0.717) is 56.1 Å². The van der Waals surface area contributed by atoms with Gasteiger partial charge in [0.1, 0.15) is 24.4 Å². The highest BCUT2D eigenvalue weighted by Gasteiger charge is 2.39. The first-order valence-corrected chi connectivity index (χ1v) is 15.1. The Labute approximate surface area is 255 Å². The summed E-state index contributed by atoms with van der Waals surface area (Å²) in [5, 5.41) is 5.92. The molecule has 0 saturated heterocycles. The quantitative estimate of drug-likeness (QED) is 0.319. The van der Waals surface area contributed by atoms with E-state index in [9.17, 15) is 14.4 Å². The smallest absolute Gasteiger partial charge is 0.250 e. The van der Waals surface area contributed by atoms with Gasteiger partial charge in [0.25, 0.3) is 5.91 Å². The molecular weight excluding hydrogens is 540 g/mol. The monoisotopic (exact) mass is 584 g/mol. The maximum Gasteiger partial charge on any atom is 0.250 e. The molecule has 228 valence electrons. The molecule has 4 rings (SSSR count). The number of nitrogens with one attached hydrogen (secondary N) is 2. The Hall–Kier alpha value is -4.17. The van der Waals surface area contributed by atoms with E-state index in [1.54, 1.807) is 4.90 Å². The predicted octanol–water partition coefficient (Wildman–Crippen LogP) is 4.80. The third kappa shape index (κ3) is 8.23. The van der Waals surface area contributed by atoms with Gasteiger partial charge in [-0.15, -0.1) is 0 Å². The minimum Gasteiger partial charge on any atom is -0.489 e. The molecule has 0 aromatic heterocycles. The molecule has 3 amide bonds. The van der Waals surface area contributed by atoms with Crippen LogP contribution in [0.25, 0.3) is 0 Å². The van der Waals surface area contributed by atoms with Crippen LogP contribution < -0.4 is 15.4 Å². The fourth-order valence-electron chi connectivity index (χ4n) is 5.77. The van der Waals surface area contributed by atoms with Crippen LogP contribution in [0.4, 0.5) is 0 Å². The van der Waals surface area contributed by atoms with Crippen LogP contribution in [0.2, 0.25) is 0 Å². The van der Waals surface area contributed by atoms with Crippen molar-refractivity contribution in [2.45, 2.75) is 71.8 Å². The average Bonchev–Trinajstić information content (AvgIpc) is 3.00. The van der Waals surface area contributed by atoms with Crippen molar-refractivity contribution < 1.29 is 19.1 Å². The molecule has 2 atom stereocenters. The van der Waals surface area contributed by atoms with Crippen molar-refractivity contribution in [1.82, 2.24) is 20.4 Å². The Kier molecular flexibility index (Phi) is 11.0. The van der Waals surface area contributed by atoms with E-state index >= 15 is 0 Å². The molecule has 2 N–H and O–H groups in total. The van der Waals surface area contributed by atoms with Crippen molar-refractivity contribution in [3.05, 3.63) is 101 Å². The van der Waals surface area contributed by atoms with Crippen LogP contribution in [-0.2, 0) is 27.4 Å². The van der Waals surface area contributed by atoms with Gasteiger partial charge in [-0.3, -0.25) is 19.3 Å². The van der Waals surface area contributed by atoms with Gasteiger partial charge in [0.2, 0.25) is 11.8 Å². The molecule has 8 nitrogen and oxygen atoms in total. The summed E-state index contributed by atoms with van der Waals surface area (Å²) in [5.74, 6) is -0.160. The molecule has 0 aliphatic carbocycles. The molecule has 3 aromatic rings. The summed E-state index contributed by atoms with van der Waals surface area (Å²) in [6.45, 7) is 11.9. The molecular formula is C35H44N4O4. The van der Waals surface area contributed by atoms with Crippen LogP contribution in [0.3, 0.4) is 0 Å². The SMILES string of the molecule is CC(=O)NC(C(=O)N1CCc2cc(OCc3ccccc3)ccc2C1C(=O)NCCN(C(C)C)C(C)C)c1ccccc1. The van der Waals surface area contributed by atoms with Gasteiger partial charge in [0.15, 0.2) is 0 Å². The zero-order valence-electron chi connectivity index (χ0n) is 25.9. The molecule has 8 heteroatoms. The van der Waals surface area contributed by atoms with E-state index in [1.165, 1.54) is 6.92 Å². The summed E-state index contributed by atoms with van der Waals surface area (Å²) in [5.41, 5.74) is 3.47. The van der Waals surface area contributed by atoms with Gasteiger partial charge >= 0.3 is 0 Å². The van der Waals surface area contributed by atoms with Gasteiger partial charge in [-0.05, 0) is 68.5 Å². The van der Waals surface area contributed by atoms with Crippen molar-refractivity contribution in [1.29, 1.82) is 0 Å². The number of amides is 3. The van der Waals surface area contributed by atoms with E-state index in [1.807, 2.05) is 78.9 Å². The molecule has 0 radical (unpaired) electrons. The molecule has 3 aromatic carbocycles. The zero-order valence-corrected chi connectivity index (χ0v) is 25.9. The Morgan fingerprint density at radius 1 is 0.930 bits per heavy atom. The standard InChI is InChI=1S/C35H44N4O4/c1-24(2)38(25(3)4)21-19-36-34(41)33-31-17-16-30(43-23-27-12-8-6-9-13-27)22-29(31)18-20-39(33)35(42)32(37-26(5)40)28-14-10-7-11-15-28/h6-17,22,24-25,32-33H,18-21,23H2,1-5H3,(H,36,41)(H,37,40). The lowest BCUT2D eigenvalue weighted by Gasteiger charge is -2.38. The lowest BCUT2D eigenvalue weighted by molar-refractivity contribution is -0.144. The average molecular weight is 585 g/mol. The molecule has 0 fully saturated rings. The second kappa shape index (κ2) is 14.8. The van der Waals surface area contributed by atoms with E-state index in [-0.39, 0.29) is 17.7 Å². The maximum atomic E-state index is 14.1. The fraction of sp³-hybridized carbons (Fsp3) is 0.400. The van der Waals surface area contributed by atoms with E-state index < -0.39 is 12.1 Å². The number of fused-ring (bicyclic) bond motifs is 1. The van der Waals surface area contributed by atoms with Crippen LogP contribution in [0.15, 0.2) is 78.9 Å². The van der Waals surface area contributed by atoms with Crippen molar-refractivity contribution >= 4 is 17.7 Å². The minimum absolute atomic E-state index is 0.241.